The van der Waals surface area contributed by atoms with Crippen LogP contribution < -0.4 is 4.74 Å². The second-order valence-electron chi connectivity index (χ2n) is 5.67. The van der Waals surface area contributed by atoms with Gasteiger partial charge in [-0.05, 0) is 24.0 Å². The van der Waals surface area contributed by atoms with Gasteiger partial charge in [0.1, 0.15) is 11.6 Å². The van der Waals surface area contributed by atoms with Gasteiger partial charge < -0.3 is 4.74 Å². The van der Waals surface area contributed by atoms with Crippen LogP contribution in [0, 0.1) is 11.7 Å². The third-order valence-electron chi connectivity index (χ3n) is 3.95. The fourth-order valence-electron chi connectivity index (χ4n) is 2.66. The van der Waals surface area contributed by atoms with E-state index >= 15 is 0 Å². The molecule has 1 aromatic carbocycles. The number of hydrogen-bond donors (Lipinski definition) is 0. The van der Waals surface area contributed by atoms with Gasteiger partial charge in [0.2, 0.25) is 0 Å². The fraction of sp³-hybridized carbons (Fsp3) is 0.667. The van der Waals surface area contributed by atoms with Gasteiger partial charge in [0.25, 0.3) is 0 Å². The topological polar surface area (TPSA) is 9.23 Å². The zero-order valence-electron chi connectivity index (χ0n) is 13.3. The van der Waals surface area contributed by atoms with Crippen molar-refractivity contribution in [3.63, 3.8) is 0 Å². The fourth-order valence-corrected chi connectivity index (χ4v) is 2.66. The molecule has 0 aliphatic heterocycles. The molecule has 20 heavy (non-hydrogen) atoms. The van der Waals surface area contributed by atoms with Crippen LogP contribution in [-0.4, -0.2) is 7.11 Å². The Bertz CT molecular complexity index is 376. The number of benzene rings is 1. The Kier molecular flexibility index (Phi) is 8.32. The number of ether oxygens (including phenoxy) is 1. The first-order valence-electron chi connectivity index (χ1n) is 8.03. The molecule has 1 unspecified atom stereocenters. The number of methoxy groups -OCH3 is 1. The monoisotopic (exact) mass is 280 g/mol. The van der Waals surface area contributed by atoms with Crippen LogP contribution in [0.3, 0.4) is 0 Å². The van der Waals surface area contributed by atoms with Crippen LogP contribution >= 0.6 is 0 Å². The SMILES string of the molecule is CCCCCC(CCCC)Cc1ccc(OC)cc1F. The molecule has 1 aromatic rings. The summed E-state index contributed by atoms with van der Waals surface area (Å²) < 4.78 is 19.1. The van der Waals surface area contributed by atoms with E-state index in [4.69, 9.17) is 4.74 Å². The molecular weight excluding hydrogens is 251 g/mol. The van der Waals surface area contributed by atoms with Crippen LogP contribution in [0.1, 0.15) is 64.4 Å². The van der Waals surface area contributed by atoms with Crippen LogP contribution in [0.15, 0.2) is 18.2 Å². The molecule has 0 bridgehead atoms. The van der Waals surface area contributed by atoms with E-state index in [0.717, 1.165) is 12.0 Å². The molecule has 0 heterocycles. The minimum atomic E-state index is -0.124. The predicted molar refractivity (Wildman–Crippen MR) is 83.8 cm³/mol. The molecule has 0 aromatic heterocycles. The van der Waals surface area contributed by atoms with E-state index in [0.29, 0.717) is 11.7 Å². The van der Waals surface area contributed by atoms with E-state index < -0.39 is 0 Å². The average Bonchev–Trinajstić information content (AvgIpc) is 2.46. The van der Waals surface area contributed by atoms with Crippen LogP contribution in [0.5, 0.6) is 5.75 Å². The molecule has 0 aliphatic rings. The summed E-state index contributed by atoms with van der Waals surface area (Å²) in [6, 6.07) is 5.24. The van der Waals surface area contributed by atoms with Gasteiger partial charge in [-0.3, -0.25) is 0 Å². The van der Waals surface area contributed by atoms with Crippen molar-refractivity contribution in [1.82, 2.24) is 0 Å². The quantitative estimate of drug-likeness (QED) is 0.495. The predicted octanol–water partition coefficient (Wildman–Crippen LogP) is 5.76. The van der Waals surface area contributed by atoms with Crippen molar-refractivity contribution < 1.29 is 9.13 Å². The summed E-state index contributed by atoms with van der Waals surface area (Å²) in [7, 11) is 1.57. The normalized spacial score (nSPS) is 12.4. The molecule has 0 radical (unpaired) electrons. The summed E-state index contributed by atoms with van der Waals surface area (Å²) in [6.45, 7) is 4.45. The standard InChI is InChI=1S/C18H29FO/c1-4-6-8-10-15(9-7-5-2)13-16-11-12-17(20-3)14-18(16)19/h11-12,14-15H,4-10,13H2,1-3H3. The molecule has 1 rings (SSSR count). The Morgan fingerprint density at radius 2 is 1.75 bits per heavy atom. The maximum absolute atomic E-state index is 14.0. The summed E-state index contributed by atoms with van der Waals surface area (Å²) in [5, 5.41) is 0. The third kappa shape index (κ3) is 5.94. The Morgan fingerprint density at radius 1 is 1.05 bits per heavy atom. The molecule has 1 atom stereocenters. The highest BCUT2D eigenvalue weighted by atomic mass is 19.1. The Morgan fingerprint density at radius 3 is 2.35 bits per heavy atom. The number of halogens is 1. The van der Waals surface area contributed by atoms with E-state index in [9.17, 15) is 4.39 Å². The van der Waals surface area contributed by atoms with E-state index in [-0.39, 0.29) is 5.82 Å². The van der Waals surface area contributed by atoms with Crippen molar-refractivity contribution in [3.05, 3.63) is 29.6 Å². The van der Waals surface area contributed by atoms with Gasteiger partial charge in [-0.1, -0.05) is 64.9 Å². The molecule has 114 valence electrons. The van der Waals surface area contributed by atoms with Crippen molar-refractivity contribution in [2.45, 2.75) is 65.2 Å². The van der Waals surface area contributed by atoms with Gasteiger partial charge in [0.15, 0.2) is 0 Å². The van der Waals surface area contributed by atoms with E-state index in [1.807, 2.05) is 12.1 Å². The van der Waals surface area contributed by atoms with Gasteiger partial charge in [-0.2, -0.15) is 0 Å². The van der Waals surface area contributed by atoms with Crippen LogP contribution in [0.25, 0.3) is 0 Å². The second kappa shape index (κ2) is 9.79. The number of hydrogen-bond acceptors (Lipinski definition) is 1. The van der Waals surface area contributed by atoms with Crippen LogP contribution in [0.2, 0.25) is 0 Å². The summed E-state index contributed by atoms with van der Waals surface area (Å²) in [5.74, 6) is 1.09. The Balaban J connectivity index is 2.62. The summed E-state index contributed by atoms with van der Waals surface area (Å²) in [5.41, 5.74) is 0.836. The number of unbranched alkanes of at least 4 members (excludes halogenated alkanes) is 3. The molecule has 0 saturated heterocycles. The molecule has 0 N–H and O–H groups in total. The van der Waals surface area contributed by atoms with Gasteiger partial charge in [-0.25, -0.2) is 4.39 Å². The van der Waals surface area contributed by atoms with Gasteiger partial charge >= 0.3 is 0 Å². The van der Waals surface area contributed by atoms with Gasteiger partial charge in [0, 0.05) is 6.07 Å². The zero-order valence-corrected chi connectivity index (χ0v) is 13.3. The molecule has 0 spiro atoms. The first-order valence-corrected chi connectivity index (χ1v) is 8.03. The van der Waals surface area contributed by atoms with Gasteiger partial charge in [-0.15, -0.1) is 0 Å². The first-order chi connectivity index (χ1) is 9.71. The molecule has 0 fully saturated rings. The van der Waals surface area contributed by atoms with Gasteiger partial charge in [0.05, 0.1) is 7.11 Å². The maximum atomic E-state index is 14.0. The Hall–Kier alpha value is -1.05. The van der Waals surface area contributed by atoms with Crippen molar-refractivity contribution in [3.8, 4) is 5.75 Å². The van der Waals surface area contributed by atoms with Crippen molar-refractivity contribution >= 4 is 0 Å². The minimum absolute atomic E-state index is 0.124. The lowest BCUT2D eigenvalue weighted by atomic mass is 9.89. The molecule has 2 heteroatoms. The molecule has 0 aliphatic carbocycles. The largest absolute Gasteiger partial charge is 0.497 e. The molecule has 0 saturated carbocycles. The zero-order chi connectivity index (χ0) is 14.8. The summed E-state index contributed by atoms with van der Waals surface area (Å²) >= 11 is 0. The molecule has 0 amide bonds. The van der Waals surface area contributed by atoms with Crippen molar-refractivity contribution in [1.29, 1.82) is 0 Å². The molecule has 1 nitrogen and oxygen atoms in total. The highest BCUT2D eigenvalue weighted by Gasteiger charge is 2.12. The van der Waals surface area contributed by atoms with Crippen LogP contribution in [-0.2, 0) is 6.42 Å². The first kappa shape index (κ1) is 17.0. The van der Waals surface area contributed by atoms with E-state index in [2.05, 4.69) is 13.8 Å². The van der Waals surface area contributed by atoms with Crippen LogP contribution in [0.4, 0.5) is 4.39 Å². The lowest BCUT2D eigenvalue weighted by Gasteiger charge is -2.17. The average molecular weight is 280 g/mol. The van der Waals surface area contributed by atoms with E-state index in [1.165, 1.54) is 51.0 Å². The second-order valence-corrected chi connectivity index (χ2v) is 5.67. The lowest BCUT2D eigenvalue weighted by Crippen LogP contribution is -2.07. The van der Waals surface area contributed by atoms with E-state index in [1.54, 1.807) is 7.11 Å². The Labute approximate surface area is 123 Å². The minimum Gasteiger partial charge on any atom is -0.497 e. The number of rotatable bonds is 10. The summed E-state index contributed by atoms with van der Waals surface area (Å²) in [6.07, 6.45) is 9.56. The summed E-state index contributed by atoms with van der Waals surface area (Å²) in [4.78, 5) is 0. The third-order valence-corrected chi connectivity index (χ3v) is 3.95. The van der Waals surface area contributed by atoms with Crippen molar-refractivity contribution in [2.24, 2.45) is 5.92 Å². The molecular formula is C18H29FO. The van der Waals surface area contributed by atoms with Crippen molar-refractivity contribution in [2.75, 3.05) is 7.11 Å². The maximum Gasteiger partial charge on any atom is 0.130 e. The highest BCUT2D eigenvalue weighted by molar-refractivity contribution is 5.29. The highest BCUT2D eigenvalue weighted by Crippen LogP contribution is 2.25. The lowest BCUT2D eigenvalue weighted by molar-refractivity contribution is 0.399. The smallest absolute Gasteiger partial charge is 0.130 e.